The van der Waals surface area contributed by atoms with E-state index in [1.165, 1.54) is 18.2 Å². The highest BCUT2D eigenvalue weighted by atomic mass is 19.1. The molecule has 4 heteroatoms. The van der Waals surface area contributed by atoms with Gasteiger partial charge in [0.1, 0.15) is 11.6 Å². The second kappa shape index (κ2) is 6.96. The van der Waals surface area contributed by atoms with Gasteiger partial charge in [0.15, 0.2) is 0 Å². The van der Waals surface area contributed by atoms with E-state index in [1.807, 2.05) is 19.1 Å². The first kappa shape index (κ1) is 15.1. The number of nitrogens with zero attached hydrogens (tertiary/aromatic N) is 1. The van der Waals surface area contributed by atoms with Crippen LogP contribution >= 0.6 is 0 Å². The summed E-state index contributed by atoms with van der Waals surface area (Å²) >= 11 is 0. The van der Waals surface area contributed by atoms with Crippen LogP contribution in [0.1, 0.15) is 23.6 Å². The molecule has 0 fully saturated rings. The highest BCUT2D eigenvalue weighted by Crippen LogP contribution is 2.14. The molecule has 0 amide bonds. The van der Waals surface area contributed by atoms with E-state index in [9.17, 15) is 8.78 Å². The molecule has 2 nitrogen and oxygen atoms in total. The van der Waals surface area contributed by atoms with Crippen molar-refractivity contribution in [1.29, 1.82) is 5.26 Å². The van der Waals surface area contributed by atoms with E-state index in [2.05, 4.69) is 11.4 Å². The van der Waals surface area contributed by atoms with Crippen molar-refractivity contribution in [2.24, 2.45) is 0 Å². The van der Waals surface area contributed by atoms with Gasteiger partial charge in [-0.3, -0.25) is 0 Å². The van der Waals surface area contributed by atoms with E-state index in [1.54, 1.807) is 12.1 Å². The first-order chi connectivity index (χ1) is 10.1. The Morgan fingerprint density at radius 2 is 1.71 bits per heavy atom. The van der Waals surface area contributed by atoms with Crippen molar-refractivity contribution in [1.82, 2.24) is 5.32 Å². The Balaban J connectivity index is 1.93. The molecule has 0 aromatic heterocycles. The summed E-state index contributed by atoms with van der Waals surface area (Å²) in [5.74, 6) is -1.02. The number of hydrogen-bond acceptors (Lipinski definition) is 2. The quantitative estimate of drug-likeness (QED) is 0.912. The second-order valence-corrected chi connectivity index (χ2v) is 5.00. The largest absolute Gasteiger partial charge is 0.310 e. The minimum Gasteiger partial charge on any atom is -0.310 e. The smallest absolute Gasteiger partial charge is 0.129 e. The van der Waals surface area contributed by atoms with E-state index >= 15 is 0 Å². The van der Waals surface area contributed by atoms with Gasteiger partial charge in [-0.2, -0.15) is 5.26 Å². The van der Waals surface area contributed by atoms with Crippen LogP contribution in [-0.4, -0.2) is 6.04 Å². The summed E-state index contributed by atoms with van der Waals surface area (Å²) in [6.07, 6.45) is 0.286. The van der Waals surface area contributed by atoms with Crippen LogP contribution in [0, 0.1) is 23.0 Å². The zero-order valence-electron chi connectivity index (χ0n) is 11.7. The highest BCUT2D eigenvalue weighted by Gasteiger charge is 2.12. The summed E-state index contributed by atoms with van der Waals surface area (Å²) in [7, 11) is 0. The van der Waals surface area contributed by atoms with Gasteiger partial charge in [0.05, 0.1) is 11.6 Å². The van der Waals surface area contributed by atoms with Crippen molar-refractivity contribution in [3.63, 3.8) is 0 Å². The summed E-state index contributed by atoms with van der Waals surface area (Å²) in [6.45, 7) is 2.47. The SMILES string of the molecule is CC(Cc1c(F)cccc1F)NCc1ccc(C#N)cc1. The number of benzene rings is 2. The summed E-state index contributed by atoms with van der Waals surface area (Å²) in [6, 6.07) is 13.1. The summed E-state index contributed by atoms with van der Waals surface area (Å²) in [5.41, 5.74) is 1.74. The van der Waals surface area contributed by atoms with Crippen molar-refractivity contribution in [2.45, 2.75) is 25.9 Å². The zero-order chi connectivity index (χ0) is 15.2. The monoisotopic (exact) mass is 286 g/mol. The Bertz CT molecular complexity index is 625. The molecule has 2 rings (SSSR count). The molecule has 1 unspecified atom stereocenters. The second-order valence-electron chi connectivity index (χ2n) is 5.00. The fourth-order valence-electron chi connectivity index (χ4n) is 2.09. The Kier molecular flexibility index (Phi) is 5.02. The van der Waals surface area contributed by atoms with Gasteiger partial charge < -0.3 is 5.32 Å². The van der Waals surface area contributed by atoms with E-state index in [4.69, 9.17) is 5.26 Å². The maximum atomic E-state index is 13.6. The van der Waals surface area contributed by atoms with Gasteiger partial charge >= 0.3 is 0 Å². The highest BCUT2D eigenvalue weighted by molar-refractivity contribution is 5.31. The molecule has 1 N–H and O–H groups in total. The number of hydrogen-bond donors (Lipinski definition) is 1. The average Bonchev–Trinajstić information content (AvgIpc) is 2.49. The lowest BCUT2D eigenvalue weighted by molar-refractivity contribution is 0.499. The van der Waals surface area contributed by atoms with Gasteiger partial charge in [-0.15, -0.1) is 0 Å². The van der Waals surface area contributed by atoms with Crippen molar-refractivity contribution in [2.75, 3.05) is 0 Å². The molecule has 0 radical (unpaired) electrons. The predicted octanol–water partition coefficient (Wildman–Crippen LogP) is 3.56. The molecular formula is C17H16F2N2. The molecule has 0 aliphatic rings. The lowest BCUT2D eigenvalue weighted by atomic mass is 10.1. The average molecular weight is 286 g/mol. The molecule has 21 heavy (non-hydrogen) atoms. The van der Waals surface area contributed by atoms with Crippen LogP contribution in [0.3, 0.4) is 0 Å². The fraction of sp³-hybridized carbons (Fsp3) is 0.235. The fourth-order valence-corrected chi connectivity index (χ4v) is 2.09. The van der Waals surface area contributed by atoms with Crippen molar-refractivity contribution < 1.29 is 8.78 Å². The molecule has 108 valence electrons. The summed E-state index contributed by atoms with van der Waals surface area (Å²) in [4.78, 5) is 0. The first-order valence-electron chi connectivity index (χ1n) is 6.75. The van der Waals surface area contributed by atoms with Gasteiger partial charge in [0.25, 0.3) is 0 Å². The Morgan fingerprint density at radius 1 is 1.10 bits per heavy atom. The Labute approximate surface area is 123 Å². The molecule has 0 saturated carbocycles. The number of rotatable bonds is 5. The lowest BCUT2D eigenvalue weighted by Gasteiger charge is -2.15. The molecule has 0 saturated heterocycles. The third-order valence-corrected chi connectivity index (χ3v) is 3.31. The van der Waals surface area contributed by atoms with Crippen molar-refractivity contribution in [3.05, 3.63) is 70.8 Å². The molecule has 2 aromatic rings. The van der Waals surface area contributed by atoms with Crippen LogP contribution in [0.2, 0.25) is 0 Å². The normalized spacial score (nSPS) is 11.9. The van der Waals surface area contributed by atoms with Crippen LogP contribution in [0.5, 0.6) is 0 Å². The predicted molar refractivity (Wildman–Crippen MR) is 77.5 cm³/mol. The van der Waals surface area contributed by atoms with Gasteiger partial charge in [0, 0.05) is 18.2 Å². The molecule has 0 spiro atoms. The van der Waals surface area contributed by atoms with E-state index in [0.717, 1.165) is 5.56 Å². The molecule has 2 aromatic carbocycles. The summed E-state index contributed by atoms with van der Waals surface area (Å²) in [5, 5.41) is 11.9. The minimum atomic E-state index is -0.512. The molecule has 1 atom stereocenters. The maximum Gasteiger partial charge on any atom is 0.129 e. The van der Waals surface area contributed by atoms with E-state index in [-0.39, 0.29) is 18.0 Å². The standard InChI is InChI=1S/C17H16F2N2/c1-12(9-15-16(18)3-2-4-17(15)19)21-11-14-7-5-13(10-20)6-8-14/h2-8,12,21H,9,11H2,1H3. The molecule has 0 bridgehead atoms. The van der Waals surface area contributed by atoms with Gasteiger partial charge in [0.2, 0.25) is 0 Å². The minimum absolute atomic E-state index is 0.0629. The van der Waals surface area contributed by atoms with Crippen LogP contribution in [0.4, 0.5) is 8.78 Å². The summed E-state index contributed by atoms with van der Waals surface area (Å²) < 4.78 is 27.1. The molecule has 0 heterocycles. The van der Waals surface area contributed by atoms with Crippen LogP contribution in [-0.2, 0) is 13.0 Å². The Hall–Kier alpha value is -2.25. The van der Waals surface area contributed by atoms with Crippen LogP contribution in [0.25, 0.3) is 0 Å². The number of nitriles is 1. The maximum absolute atomic E-state index is 13.6. The number of nitrogens with one attached hydrogen (secondary N) is 1. The van der Waals surface area contributed by atoms with Gasteiger partial charge in [-0.05, 0) is 43.2 Å². The molecule has 0 aliphatic heterocycles. The third kappa shape index (κ3) is 4.11. The number of halogens is 2. The molecular weight excluding hydrogens is 270 g/mol. The van der Waals surface area contributed by atoms with Gasteiger partial charge in [-0.1, -0.05) is 18.2 Å². The van der Waals surface area contributed by atoms with Crippen LogP contribution < -0.4 is 5.32 Å². The van der Waals surface area contributed by atoms with E-state index in [0.29, 0.717) is 12.1 Å². The topological polar surface area (TPSA) is 35.8 Å². The van der Waals surface area contributed by atoms with Crippen molar-refractivity contribution in [3.8, 4) is 6.07 Å². The Morgan fingerprint density at radius 3 is 2.29 bits per heavy atom. The van der Waals surface area contributed by atoms with Crippen LogP contribution in [0.15, 0.2) is 42.5 Å². The zero-order valence-corrected chi connectivity index (χ0v) is 11.7. The van der Waals surface area contributed by atoms with Gasteiger partial charge in [-0.25, -0.2) is 8.78 Å². The lowest BCUT2D eigenvalue weighted by Crippen LogP contribution is -2.28. The van der Waals surface area contributed by atoms with Crippen molar-refractivity contribution >= 4 is 0 Å². The molecule has 0 aliphatic carbocycles. The third-order valence-electron chi connectivity index (χ3n) is 3.31. The first-order valence-corrected chi connectivity index (χ1v) is 6.75. The van der Waals surface area contributed by atoms with E-state index < -0.39 is 11.6 Å².